The number of rotatable bonds is 2. The summed E-state index contributed by atoms with van der Waals surface area (Å²) in [5.74, 6) is -0.477. The van der Waals surface area contributed by atoms with Gasteiger partial charge < -0.3 is 5.73 Å². The molecule has 0 aromatic heterocycles. The van der Waals surface area contributed by atoms with Gasteiger partial charge in [0.05, 0.1) is 0 Å². The second-order valence-corrected chi connectivity index (χ2v) is 3.56. The van der Waals surface area contributed by atoms with Crippen molar-refractivity contribution >= 4 is 17.5 Å². The minimum absolute atomic E-state index is 0.0370. The Balaban J connectivity index is 2.33. The van der Waals surface area contributed by atoms with Crippen molar-refractivity contribution in [2.75, 3.05) is 4.90 Å². The molecule has 1 aliphatic rings. The van der Waals surface area contributed by atoms with Crippen molar-refractivity contribution in [2.24, 2.45) is 5.73 Å². The standard InChI is InChI=1S/C11H12N2O2/c12-11(15)9-6-7-10(14)13(9)8-4-2-1-3-5-8/h1-5,9H,6-7H2,(H2,12,15). The molecule has 0 radical (unpaired) electrons. The number of carbonyl (C=O) groups is 2. The lowest BCUT2D eigenvalue weighted by Gasteiger charge is -2.22. The Morgan fingerprint density at radius 2 is 2.00 bits per heavy atom. The van der Waals surface area contributed by atoms with E-state index in [-0.39, 0.29) is 5.91 Å². The van der Waals surface area contributed by atoms with E-state index in [4.69, 9.17) is 5.73 Å². The molecule has 1 atom stereocenters. The van der Waals surface area contributed by atoms with Crippen molar-refractivity contribution < 1.29 is 9.59 Å². The van der Waals surface area contributed by atoms with Crippen LogP contribution < -0.4 is 10.6 Å². The molecule has 2 N–H and O–H groups in total. The number of carbonyl (C=O) groups excluding carboxylic acids is 2. The van der Waals surface area contributed by atoms with Crippen molar-refractivity contribution in [3.05, 3.63) is 30.3 Å². The van der Waals surface area contributed by atoms with Crippen molar-refractivity contribution in [1.29, 1.82) is 0 Å². The minimum Gasteiger partial charge on any atom is -0.368 e. The van der Waals surface area contributed by atoms with E-state index in [1.807, 2.05) is 18.2 Å². The predicted octanol–water partition coefficient (Wildman–Crippen LogP) is 0.667. The van der Waals surface area contributed by atoms with Crippen molar-refractivity contribution in [1.82, 2.24) is 0 Å². The molecule has 0 spiro atoms. The van der Waals surface area contributed by atoms with Gasteiger partial charge >= 0.3 is 0 Å². The number of nitrogens with two attached hydrogens (primary N) is 1. The van der Waals surface area contributed by atoms with Crippen LogP contribution in [-0.4, -0.2) is 17.9 Å². The summed E-state index contributed by atoms with van der Waals surface area (Å²) in [4.78, 5) is 24.3. The van der Waals surface area contributed by atoms with E-state index in [0.29, 0.717) is 12.8 Å². The first-order valence-corrected chi connectivity index (χ1v) is 4.86. The van der Waals surface area contributed by atoms with Gasteiger partial charge in [0, 0.05) is 12.1 Å². The summed E-state index contributed by atoms with van der Waals surface area (Å²) >= 11 is 0. The molecule has 0 saturated carbocycles. The zero-order valence-electron chi connectivity index (χ0n) is 8.22. The molecule has 0 aliphatic carbocycles. The highest BCUT2D eigenvalue weighted by Crippen LogP contribution is 2.25. The lowest BCUT2D eigenvalue weighted by Crippen LogP contribution is -2.42. The molecule has 2 amide bonds. The van der Waals surface area contributed by atoms with Gasteiger partial charge in [-0.15, -0.1) is 0 Å². The van der Waals surface area contributed by atoms with Gasteiger partial charge in [-0.25, -0.2) is 0 Å². The SMILES string of the molecule is NC(=O)C1CCC(=O)N1c1ccccc1. The first kappa shape index (κ1) is 9.71. The van der Waals surface area contributed by atoms with Crippen LogP contribution in [-0.2, 0) is 9.59 Å². The van der Waals surface area contributed by atoms with Gasteiger partial charge in [0.1, 0.15) is 6.04 Å². The highest BCUT2D eigenvalue weighted by atomic mass is 16.2. The number of anilines is 1. The average molecular weight is 204 g/mol. The second-order valence-electron chi connectivity index (χ2n) is 3.56. The highest BCUT2D eigenvalue weighted by Gasteiger charge is 2.35. The summed E-state index contributed by atoms with van der Waals surface area (Å²) < 4.78 is 0. The number of para-hydroxylation sites is 1. The quantitative estimate of drug-likeness (QED) is 0.769. The smallest absolute Gasteiger partial charge is 0.240 e. The summed E-state index contributed by atoms with van der Waals surface area (Å²) in [5, 5.41) is 0. The molecule has 2 rings (SSSR count). The maximum atomic E-state index is 11.6. The Bertz CT molecular complexity index is 389. The normalized spacial score (nSPS) is 20.7. The molecular weight excluding hydrogens is 192 g/mol. The van der Waals surface area contributed by atoms with Gasteiger partial charge in [0.25, 0.3) is 0 Å². The van der Waals surface area contributed by atoms with Crippen molar-refractivity contribution in [3.63, 3.8) is 0 Å². The van der Waals surface area contributed by atoms with E-state index in [1.54, 1.807) is 12.1 Å². The number of primary amides is 1. The molecule has 1 fully saturated rings. The zero-order valence-corrected chi connectivity index (χ0v) is 8.22. The van der Waals surface area contributed by atoms with Crippen LogP contribution in [0.5, 0.6) is 0 Å². The van der Waals surface area contributed by atoms with E-state index in [9.17, 15) is 9.59 Å². The Hall–Kier alpha value is -1.84. The molecule has 15 heavy (non-hydrogen) atoms. The first-order valence-electron chi connectivity index (χ1n) is 4.86. The molecule has 4 nitrogen and oxygen atoms in total. The van der Waals surface area contributed by atoms with Gasteiger partial charge in [-0.05, 0) is 18.6 Å². The van der Waals surface area contributed by atoms with Crippen LogP contribution in [0.25, 0.3) is 0 Å². The van der Waals surface area contributed by atoms with E-state index >= 15 is 0 Å². The fraction of sp³-hybridized carbons (Fsp3) is 0.273. The van der Waals surface area contributed by atoms with Gasteiger partial charge in [-0.2, -0.15) is 0 Å². The third kappa shape index (κ3) is 1.70. The molecule has 1 aliphatic heterocycles. The Kier molecular flexibility index (Phi) is 2.41. The van der Waals surface area contributed by atoms with E-state index in [1.165, 1.54) is 4.90 Å². The van der Waals surface area contributed by atoms with Crippen LogP contribution in [0.15, 0.2) is 30.3 Å². The van der Waals surface area contributed by atoms with Gasteiger partial charge in [-0.1, -0.05) is 18.2 Å². The monoisotopic (exact) mass is 204 g/mol. The molecule has 0 bridgehead atoms. The topological polar surface area (TPSA) is 63.4 Å². The van der Waals surface area contributed by atoms with Crippen LogP contribution in [0.3, 0.4) is 0 Å². The largest absolute Gasteiger partial charge is 0.368 e. The number of nitrogens with zero attached hydrogens (tertiary/aromatic N) is 1. The maximum Gasteiger partial charge on any atom is 0.240 e. The fourth-order valence-corrected chi connectivity index (χ4v) is 1.87. The molecule has 78 valence electrons. The summed E-state index contributed by atoms with van der Waals surface area (Å²) in [5.41, 5.74) is 5.99. The van der Waals surface area contributed by atoms with Crippen LogP contribution in [0.1, 0.15) is 12.8 Å². The lowest BCUT2D eigenvalue weighted by molar-refractivity contribution is -0.121. The summed E-state index contributed by atoms with van der Waals surface area (Å²) in [6.07, 6.45) is 0.908. The number of benzene rings is 1. The van der Waals surface area contributed by atoms with E-state index in [2.05, 4.69) is 0 Å². The molecule has 1 unspecified atom stereocenters. The molecular formula is C11H12N2O2. The van der Waals surface area contributed by atoms with Crippen LogP contribution in [0, 0.1) is 0 Å². The zero-order chi connectivity index (χ0) is 10.8. The van der Waals surface area contributed by atoms with Gasteiger partial charge in [0.15, 0.2) is 0 Å². The van der Waals surface area contributed by atoms with Gasteiger partial charge in [0.2, 0.25) is 11.8 Å². The van der Waals surface area contributed by atoms with Crippen LogP contribution in [0.2, 0.25) is 0 Å². The van der Waals surface area contributed by atoms with E-state index < -0.39 is 11.9 Å². The Morgan fingerprint density at radius 3 is 2.60 bits per heavy atom. The molecule has 1 aromatic carbocycles. The third-order valence-electron chi connectivity index (χ3n) is 2.57. The third-order valence-corrected chi connectivity index (χ3v) is 2.57. The molecule has 4 heteroatoms. The van der Waals surface area contributed by atoms with Crippen LogP contribution in [0.4, 0.5) is 5.69 Å². The number of amides is 2. The molecule has 1 heterocycles. The number of hydrogen-bond donors (Lipinski definition) is 1. The lowest BCUT2D eigenvalue weighted by atomic mass is 10.2. The van der Waals surface area contributed by atoms with Crippen LogP contribution >= 0.6 is 0 Å². The van der Waals surface area contributed by atoms with Crippen molar-refractivity contribution in [2.45, 2.75) is 18.9 Å². The predicted molar refractivity (Wildman–Crippen MR) is 56.1 cm³/mol. The summed E-state index contributed by atoms with van der Waals surface area (Å²) in [6.45, 7) is 0. The first-order chi connectivity index (χ1) is 7.20. The Morgan fingerprint density at radius 1 is 1.33 bits per heavy atom. The fourth-order valence-electron chi connectivity index (χ4n) is 1.87. The number of hydrogen-bond acceptors (Lipinski definition) is 2. The van der Waals surface area contributed by atoms with Gasteiger partial charge in [-0.3, -0.25) is 14.5 Å². The molecule has 1 aromatic rings. The summed E-state index contributed by atoms with van der Waals surface area (Å²) in [7, 11) is 0. The average Bonchev–Trinajstić information content (AvgIpc) is 2.61. The minimum atomic E-state index is -0.486. The van der Waals surface area contributed by atoms with E-state index in [0.717, 1.165) is 5.69 Å². The second kappa shape index (κ2) is 3.73. The Labute approximate surface area is 87.7 Å². The molecule has 1 saturated heterocycles. The summed E-state index contributed by atoms with van der Waals surface area (Å²) in [6, 6.07) is 8.65. The van der Waals surface area contributed by atoms with Crippen molar-refractivity contribution in [3.8, 4) is 0 Å². The maximum absolute atomic E-state index is 11.6. The highest BCUT2D eigenvalue weighted by molar-refractivity contribution is 6.03.